The highest BCUT2D eigenvalue weighted by Gasteiger charge is 2.07. The van der Waals surface area contributed by atoms with Crippen LogP contribution in [0.5, 0.6) is 0 Å². The lowest BCUT2D eigenvalue weighted by Crippen LogP contribution is -1.98. The Hall–Kier alpha value is -2.59. The van der Waals surface area contributed by atoms with E-state index in [1.165, 1.54) is 0 Å². The van der Waals surface area contributed by atoms with Crippen LogP contribution in [0.25, 0.3) is 10.9 Å². The Bertz CT molecular complexity index is 833. The van der Waals surface area contributed by atoms with E-state index in [1.54, 1.807) is 30.5 Å². The van der Waals surface area contributed by atoms with Crippen LogP contribution in [-0.4, -0.2) is 16.1 Å². The molecule has 1 heterocycles. The summed E-state index contributed by atoms with van der Waals surface area (Å²) in [6.45, 7) is 0. The molecule has 0 atom stereocenters. The Balaban J connectivity index is 2.04. The number of hydrogen-bond donors (Lipinski definition) is 2. The number of nitrogens with one attached hydrogen (secondary N) is 1. The number of hydrogen-bond acceptors (Lipinski definition) is 3. The molecule has 0 saturated carbocycles. The second kappa shape index (κ2) is 5.42. The summed E-state index contributed by atoms with van der Waals surface area (Å²) in [5, 5.41) is 13.7. The summed E-state index contributed by atoms with van der Waals surface area (Å²) < 4.78 is 0. The predicted molar refractivity (Wildman–Crippen MR) is 83.4 cm³/mol. The normalized spacial score (nSPS) is 10.5. The lowest BCUT2D eigenvalue weighted by molar-refractivity contribution is 0.0697. The van der Waals surface area contributed by atoms with Gasteiger partial charge in [-0.25, -0.2) is 4.79 Å². The van der Waals surface area contributed by atoms with Gasteiger partial charge in [0.25, 0.3) is 0 Å². The van der Waals surface area contributed by atoms with Gasteiger partial charge >= 0.3 is 5.97 Å². The van der Waals surface area contributed by atoms with Gasteiger partial charge in [0, 0.05) is 23.0 Å². The molecule has 0 aliphatic heterocycles. The fourth-order valence-corrected chi connectivity index (χ4v) is 2.36. The summed E-state index contributed by atoms with van der Waals surface area (Å²) in [5.41, 5.74) is 2.46. The van der Waals surface area contributed by atoms with Crippen LogP contribution >= 0.6 is 11.6 Å². The van der Waals surface area contributed by atoms with E-state index in [4.69, 9.17) is 16.7 Å². The standard InChI is InChI=1S/C16H11ClN2O2/c17-13-6-2-5-12-14(7-8-18-15(12)13)19-11-4-1-3-10(9-11)16(20)21/h1-9H,(H,18,19)(H,20,21). The first-order valence-corrected chi connectivity index (χ1v) is 6.66. The van der Waals surface area contributed by atoms with E-state index in [2.05, 4.69) is 10.3 Å². The van der Waals surface area contributed by atoms with E-state index >= 15 is 0 Å². The summed E-state index contributed by atoms with van der Waals surface area (Å²) in [4.78, 5) is 15.3. The molecule has 0 saturated heterocycles. The van der Waals surface area contributed by atoms with Gasteiger partial charge in [-0.3, -0.25) is 4.98 Å². The monoisotopic (exact) mass is 298 g/mol. The molecule has 104 valence electrons. The van der Waals surface area contributed by atoms with Gasteiger partial charge < -0.3 is 10.4 Å². The van der Waals surface area contributed by atoms with Gasteiger partial charge in [-0.2, -0.15) is 0 Å². The van der Waals surface area contributed by atoms with E-state index in [1.807, 2.05) is 24.3 Å². The molecular formula is C16H11ClN2O2. The van der Waals surface area contributed by atoms with Crippen LogP contribution in [0.3, 0.4) is 0 Å². The van der Waals surface area contributed by atoms with E-state index in [-0.39, 0.29) is 5.56 Å². The largest absolute Gasteiger partial charge is 0.478 e. The summed E-state index contributed by atoms with van der Waals surface area (Å²) in [6.07, 6.45) is 1.66. The van der Waals surface area contributed by atoms with Crippen molar-refractivity contribution in [2.75, 3.05) is 5.32 Å². The molecule has 4 nitrogen and oxygen atoms in total. The Labute approximate surface area is 126 Å². The average molecular weight is 299 g/mol. The minimum absolute atomic E-state index is 0.233. The Morgan fingerprint density at radius 1 is 1.14 bits per heavy atom. The van der Waals surface area contributed by atoms with Crippen molar-refractivity contribution in [1.82, 2.24) is 4.98 Å². The van der Waals surface area contributed by atoms with Gasteiger partial charge in [0.2, 0.25) is 0 Å². The number of para-hydroxylation sites is 1. The van der Waals surface area contributed by atoms with Gasteiger partial charge in [-0.1, -0.05) is 29.8 Å². The van der Waals surface area contributed by atoms with Gasteiger partial charge in [0.1, 0.15) is 0 Å². The van der Waals surface area contributed by atoms with Crippen LogP contribution in [0.2, 0.25) is 5.02 Å². The number of carboxylic acids is 1. The number of carboxylic acid groups (broad SMARTS) is 1. The highest BCUT2D eigenvalue weighted by molar-refractivity contribution is 6.35. The molecule has 0 aliphatic carbocycles. The smallest absolute Gasteiger partial charge is 0.335 e. The van der Waals surface area contributed by atoms with Crippen molar-refractivity contribution in [2.45, 2.75) is 0 Å². The number of anilines is 2. The zero-order valence-electron chi connectivity index (χ0n) is 10.9. The first-order valence-electron chi connectivity index (χ1n) is 6.29. The summed E-state index contributed by atoms with van der Waals surface area (Å²) >= 11 is 6.13. The maximum atomic E-state index is 11.0. The van der Waals surface area contributed by atoms with Crippen LogP contribution in [0, 0.1) is 0 Å². The SMILES string of the molecule is O=C(O)c1cccc(Nc2ccnc3c(Cl)cccc23)c1. The second-order valence-electron chi connectivity index (χ2n) is 4.51. The van der Waals surface area contributed by atoms with E-state index in [0.717, 1.165) is 11.1 Å². The third-order valence-corrected chi connectivity index (χ3v) is 3.42. The molecule has 2 aromatic carbocycles. The van der Waals surface area contributed by atoms with E-state index in [0.29, 0.717) is 16.2 Å². The maximum Gasteiger partial charge on any atom is 0.335 e. The fourth-order valence-electron chi connectivity index (χ4n) is 2.13. The Morgan fingerprint density at radius 3 is 2.76 bits per heavy atom. The highest BCUT2D eigenvalue weighted by Crippen LogP contribution is 2.29. The molecule has 0 amide bonds. The zero-order chi connectivity index (χ0) is 14.8. The van der Waals surface area contributed by atoms with Crippen molar-refractivity contribution in [3.63, 3.8) is 0 Å². The molecule has 1 aromatic heterocycles. The van der Waals surface area contributed by atoms with E-state index in [9.17, 15) is 4.79 Å². The van der Waals surface area contributed by atoms with Crippen LogP contribution < -0.4 is 5.32 Å². The van der Waals surface area contributed by atoms with E-state index < -0.39 is 5.97 Å². The average Bonchev–Trinajstić information content (AvgIpc) is 2.49. The molecule has 0 bridgehead atoms. The first kappa shape index (κ1) is 13.4. The second-order valence-corrected chi connectivity index (χ2v) is 4.91. The third-order valence-electron chi connectivity index (χ3n) is 3.11. The third kappa shape index (κ3) is 2.66. The van der Waals surface area contributed by atoms with Crippen molar-refractivity contribution in [3.05, 3.63) is 65.3 Å². The van der Waals surface area contributed by atoms with Crippen molar-refractivity contribution in [3.8, 4) is 0 Å². The van der Waals surface area contributed by atoms with Gasteiger partial charge in [0.15, 0.2) is 0 Å². The van der Waals surface area contributed by atoms with Crippen molar-refractivity contribution in [1.29, 1.82) is 0 Å². The van der Waals surface area contributed by atoms with Gasteiger partial charge in [0.05, 0.1) is 16.1 Å². The highest BCUT2D eigenvalue weighted by atomic mass is 35.5. The minimum Gasteiger partial charge on any atom is -0.478 e. The zero-order valence-corrected chi connectivity index (χ0v) is 11.6. The number of pyridine rings is 1. The quantitative estimate of drug-likeness (QED) is 0.755. The van der Waals surface area contributed by atoms with Crippen LogP contribution in [0.1, 0.15) is 10.4 Å². The van der Waals surface area contributed by atoms with Gasteiger partial charge in [-0.05, 0) is 30.3 Å². The molecule has 2 N–H and O–H groups in total. The minimum atomic E-state index is -0.957. The molecular weight excluding hydrogens is 288 g/mol. The lowest BCUT2D eigenvalue weighted by Gasteiger charge is -2.10. The molecule has 0 unspecified atom stereocenters. The molecule has 3 rings (SSSR count). The Morgan fingerprint density at radius 2 is 1.95 bits per heavy atom. The number of benzene rings is 2. The number of rotatable bonds is 3. The number of carbonyl (C=O) groups is 1. The number of halogens is 1. The number of fused-ring (bicyclic) bond motifs is 1. The fraction of sp³-hybridized carbons (Fsp3) is 0. The molecule has 5 heteroatoms. The molecule has 0 radical (unpaired) electrons. The number of nitrogens with zero attached hydrogens (tertiary/aromatic N) is 1. The summed E-state index contributed by atoms with van der Waals surface area (Å²) in [5.74, 6) is -0.957. The lowest BCUT2D eigenvalue weighted by atomic mass is 10.1. The maximum absolute atomic E-state index is 11.0. The summed E-state index contributed by atoms with van der Waals surface area (Å²) in [7, 11) is 0. The topological polar surface area (TPSA) is 62.2 Å². The molecule has 0 fully saturated rings. The van der Waals surface area contributed by atoms with Crippen LogP contribution in [0.4, 0.5) is 11.4 Å². The molecule has 21 heavy (non-hydrogen) atoms. The van der Waals surface area contributed by atoms with Crippen molar-refractivity contribution in [2.24, 2.45) is 0 Å². The van der Waals surface area contributed by atoms with Crippen molar-refractivity contribution >= 4 is 39.8 Å². The Kier molecular flexibility index (Phi) is 3.46. The predicted octanol–water partition coefficient (Wildman–Crippen LogP) is 4.33. The summed E-state index contributed by atoms with van der Waals surface area (Å²) in [6, 6.07) is 14.0. The molecule has 3 aromatic rings. The number of aromatic nitrogens is 1. The molecule has 0 aliphatic rings. The first-order chi connectivity index (χ1) is 10.1. The van der Waals surface area contributed by atoms with Crippen LogP contribution in [0.15, 0.2) is 54.7 Å². The molecule has 0 spiro atoms. The van der Waals surface area contributed by atoms with Crippen LogP contribution in [-0.2, 0) is 0 Å². The number of aromatic carboxylic acids is 1. The van der Waals surface area contributed by atoms with Crippen molar-refractivity contribution < 1.29 is 9.90 Å². The van der Waals surface area contributed by atoms with Gasteiger partial charge in [-0.15, -0.1) is 0 Å².